The number of hydrogen-bond acceptors (Lipinski definition) is 4. The standard InChI is InChI=1S/C17H23NO4/c1-12(16(19)21-2)8-14-9-15(10-14)18-17(20)22-11-13-6-4-3-5-7-13/h3-7,12,14-15H,8-11H2,1-2H3,(H,18,20)/t12-,14-,15+/m0/s1. The number of hydrogen-bond donors (Lipinski definition) is 1. The van der Waals surface area contributed by atoms with Gasteiger partial charge in [0.2, 0.25) is 0 Å². The number of methoxy groups -OCH3 is 1. The van der Waals surface area contributed by atoms with Gasteiger partial charge in [0.1, 0.15) is 6.61 Å². The summed E-state index contributed by atoms with van der Waals surface area (Å²) in [5, 5.41) is 2.86. The van der Waals surface area contributed by atoms with E-state index in [0.717, 1.165) is 24.8 Å². The van der Waals surface area contributed by atoms with Crippen molar-refractivity contribution in [2.75, 3.05) is 7.11 Å². The van der Waals surface area contributed by atoms with E-state index in [1.807, 2.05) is 37.3 Å². The molecule has 1 atom stereocenters. The number of carbonyl (C=O) groups is 2. The molecule has 1 fully saturated rings. The molecule has 0 spiro atoms. The summed E-state index contributed by atoms with van der Waals surface area (Å²) in [5.74, 6) is 0.216. The Morgan fingerprint density at radius 3 is 2.59 bits per heavy atom. The Morgan fingerprint density at radius 2 is 1.95 bits per heavy atom. The van der Waals surface area contributed by atoms with Gasteiger partial charge in [-0.2, -0.15) is 0 Å². The molecule has 5 heteroatoms. The maximum atomic E-state index is 11.7. The summed E-state index contributed by atoms with van der Waals surface area (Å²) >= 11 is 0. The molecule has 1 aromatic carbocycles. The molecule has 0 radical (unpaired) electrons. The van der Waals surface area contributed by atoms with Gasteiger partial charge in [-0.25, -0.2) is 4.79 Å². The van der Waals surface area contributed by atoms with Crippen LogP contribution in [0.5, 0.6) is 0 Å². The minimum atomic E-state index is -0.381. The Balaban J connectivity index is 1.61. The molecule has 2 rings (SSSR count). The second-order valence-corrected chi connectivity index (χ2v) is 5.90. The van der Waals surface area contributed by atoms with E-state index in [0.29, 0.717) is 5.92 Å². The minimum Gasteiger partial charge on any atom is -0.469 e. The summed E-state index contributed by atoms with van der Waals surface area (Å²) < 4.78 is 9.90. The van der Waals surface area contributed by atoms with Gasteiger partial charge in [-0.15, -0.1) is 0 Å². The van der Waals surface area contributed by atoms with Gasteiger partial charge in [0.05, 0.1) is 13.0 Å². The number of esters is 1. The molecule has 5 nitrogen and oxygen atoms in total. The zero-order chi connectivity index (χ0) is 15.9. The highest BCUT2D eigenvalue weighted by Crippen LogP contribution is 2.33. The molecule has 1 N–H and O–H groups in total. The molecule has 0 aliphatic heterocycles. The van der Waals surface area contributed by atoms with E-state index in [2.05, 4.69) is 5.32 Å². The largest absolute Gasteiger partial charge is 0.469 e. The van der Waals surface area contributed by atoms with Crippen LogP contribution in [-0.2, 0) is 20.9 Å². The number of alkyl carbamates (subject to hydrolysis) is 1. The first-order valence-corrected chi connectivity index (χ1v) is 7.63. The summed E-state index contributed by atoms with van der Waals surface area (Å²) in [6.07, 6.45) is 2.21. The van der Waals surface area contributed by atoms with Gasteiger partial charge < -0.3 is 14.8 Å². The molecule has 1 aromatic rings. The van der Waals surface area contributed by atoms with E-state index < -0.39 is 0 Å². The summed E-state index contributed by atoms with van der Waals surface area (Å²) in [4.78, 5) is 23.1. The van der Waals surface area contributed by atoms with Gasteiger partial charge in [-0.3, -0.25) is 4.79 Å². The second-order valence-electron chi connectivity index (χ2n) is 5.90. The first kappa shape index (κ1) is 16.3. The second kappa shape index (κ2) is 7.82. The smallest absolute Gasteiger partial charge is 0.407 e. The Labute approximate surface area is 131 Å². The molecule has 0 bridgehead atoms. The SMILES string of the molecule is COC(=O)[C@@H](C)C[C@H]1C[C@@H](NC(=O)OCc2ccccc2)C1. The van der Waals surface area contributed by atoms with E-state index in [9.17, 15) is 9.59 Å². The third-order valence-electron chi connectivity index (χ3n) is 4.06. The van der Waals surface area contributed by atoms with Crippen LogP contribution >= 0.6 is 0 Å². The lowest BCUT2D eigenvalue weighted by Crippen LogP contribution is -2.45. The molecule has 1 saturated carbocycles. The maximum Gasteiger partial charge on any atom is 0.407 e. The molecule has 0 unspecified atom stereocenters. The molecular formula is C17H23NO4. The van der Waals surface area contributed by atoms with Crippen molar-refractivity contribution in [2.45, 2.75) is 38.8 Å². The van der Waals surface area contributed by atoms with Crippen LogP contribution in [0.15, 0.2) is 30.3 Å². The van der Waals surface area contributed by atoms with Crippen molar-refractivity contribution >= 4 is 12.1 Å². The van der Waals surface area contributed by atoms with Crippen LogP contribution in [0.4, 0.5) is 4.79 Å². The molecule has 0 heterocycles. The molecule has 120 valence electrons. The van der Waals surface area contributed by atoms with Crippen molar-refractivity contribution in [1.29, 1.82) is 0 Å². The van der Waals surface area contributed by atoms with E-state index in [4.69, 9.17) is 9.47 Å². The van der Waals surface area contributed by atoms with Gasteiger partial charge in [-0.1, -0.05) is 37.3 Å². The van der Waals surface area contributed by atoms with Crippen molar-refractivity contribution in [3.05, 3.63) is 35.9 Å². The van der Waals surface area contributed by atoms with Gasteiger partial charge >= 0.3 is 12.1 Å². The van der Waals surface area contributed by atoms with Crippen LogP contribution in [0.3, 0.4) is 0 Å². The van der Waals surface area contributed by atoms with Crippen molar-refractivity contribution in [2.24, 2.45) is 11.8 Å². The predicted octanol–water partition coefficient (Wildman–Crippen LogP) is 2.89. The fraction of sp³-hybridized carbons (Fsp3) is 0.529. The van der Waals surface area contributed by atoms with Gasteiger partial charge in [0.25, 0.3) is 0 Å². The first-order chi connectivity index (χ1) is 10.6. The lowest BCUT2D eigenvalue weighted by atomic mass is 9.75. The molecule has 0 aromatic heterocycles. The molecule has 22 heavy (non-hydrogen) atoms. The Morgan fingerprint density at radius 1 is 1.27 bits per heavy atom. The number of ether oxygens (including phenoxy) is 2. The summed E-state index contributed by atoms with van der Waals surface area (Å²) in [6, 6.07) is 9.73. The fourth-order valence-electron chi connectivity index (χ4n) is 2.77. The molecular weight excluding hydrogens is 282 g/mol. The van der Waals surface area contributed by atoms with Crippen molar-refractivity contribution < 1.29 is 19.1 Å². The van der Waals surface area contributed by atoms with Crippen LogP contribution in [0.1, 0.15) is 31.7 Å². The molecule has 1 aliphatic carbocycles. The quantitative estimate of drug-likeness (QED) is 0.821. The number of amides is 1. The Bertz CT molecular complexity index is 497. The van der Waals surface area contributed by atoms with Crippen LogP contribution < -0.4 is 5.32 Å². The van der Waals surface area contributed by atoms with Gasteiger partial charge in [0, 0.05) is 6.04 Å². The topological polar surface area (TPSA) is 64.6 Å². The van der Waals surface area contributed by atoms with Crippen LogP contribution in [0.25, 0.3) is 0 Å². The lowest BCUT2D eigenvalue weighted by Gasteiger charge is -2.36. The third-order valence-corrected chi connectivity index (χ3v) is 4.06. The monoisotopic (exact) mass is 305 g/mol. The lowest BCUT2D eigenvalue weighted by molar-refractivity contribution is -0.145. The summed E-state index contributed by atoms with van der Waals surface area (Å²) in [6.45, 7) is 2.16. The Kier molecular flexibility index (Phi) is 5.81. The Hall–Kier alpha value is -2.04. The average Bonchev–Trinajstić information content (AvgIpc) is 2.50. The van der Waals surface area contributed by atoms with Crippen molar-refractivity contribution in [1.82, 2.24) is 5.32 Å². The number of benzene rings is 1. The zero-order valence-electron chi connectivity index (χ0n) is 13.1. The number of nitrogens with one attached hydrogen (secondary N) is 1. The van der Waals surface area contributed by atoms with E-state index in [1.54, 1.807) is 0 Å². The highest BCUT2D eigenvalue weighted by atomic mass is 16.5. The maximum absolute atomic E-state index is 11.7. The van der Waals surface area contributed by atoms with Crippen LogP contribution in [0, 0.1) is 11.8 Å². The highest BCUT2D eigenvalue weighted by Gasteiger charge is 2.33. The highest BCUT2D eigenvalue weighted by molar-refractivity contribution is 5.71. The van der Waals surface area contributed by atoms with Crippen LogP contribution in [0.2, 0.25) is 0 Å². The first-order valence-electron chi connectivity index (χ1n) is 7.63. The summed E-state index contributed by atoms with van der Waals surface area (Å²) in [7, 11) is 1.41. The predicted molar refractivity (Wildman–Crippen MR) is 82.1 cm³/mol. The van der Waals surface area contributed by atoms with E-state index in [-0.39, 0.29) is 30.6 Å². The minimum absolute atomic E-state index is 0.0824. The average molecular weight is 305 g/mol. The normalized spacial score (nSPS) is 21.4. The summed E-state index contributed by atoms with van der Waals surface area (Å²) in [5.41, 5.74) is 0.969. The molecule has 0 saturated heterocycles. The zero-order valence-corrected chi connectivity index (χ0v) is 13.1. The van der Waals surface area contributed by atoms with Crippen molar-refractivity contribution in [3.8, 4) is 0 Å². The third kappa shape index (κ3) is 4.76. The molecule has 1 aliphatic rings. The van der Waals surface area contributed by atoms with Crippen LogP contribution in [-0.4, -0.2) is 25.2 Å². The fourth-order valence-corrected chi connectivity index (χ4v) is 2.77. The number of carbonyl (C=O) groups excluding carboxylic acids is 2. The van der Waals surface area contributed by atoms with Gasteiger partial charge in [0.15, 0.2) is 0 Å². The van der Waals surface area contributed by atoms with Crippen molar-refractivity contribution in [3.63, 3.8) is 0 Å². The van der Waals surface area contributed by atoms with E-state index >= 15 is 0 Å². The number of rotatable bonds is 6. The van der Waals surface area contributed by atoms with E-state index in [1.165, 1.54) is 7.11 Å². The van der Waals surface area contributed by atoms with Gasteiger partial charge in [-0.05, 0) is 30.7 Å². The molecule has 1 amide bonds.